The summed E-state index contributed by atoms with van der Waals surface area (Å²) in [5, 5.41) is 4.98. The number of anilines is 1. The number of rotatable bonds is 5. The maximum atomic E-state index is 13.8. The number of aryl methyl sites for hydroxylation is 2. The molecule has 0 saturated carbocycles. The molecule has 4 aromatic rings. The first-order valence-electron chi connectivity index (χ1n) is 9.70. The molecule has 6 nitrogen and oxygen atoms in total. The van der Waals surface area contributed by atoms with E-state index in [0.29, 0.717) is 27.5 Å². The highest BCUT2D eigenvalue weighted by Gasteiger charge is 2.25. The van der Waals surface area contributed by atoms with E-state index in [0.717, 1.165) is 11.1 Å². The Morgan fingerprint density at radius 3 is 2.61 bits per heavy atom. The number of carbonyl (C=O) groups excluding carboxylic acids is 2. The van der Waals surface area contributed by atoms with Crippen LogP contribution in [0.5, 0.6) is 0 Å². The second-order valence-electron chi connectivity index (χ2n) is 7.02. The van der Waals surface area contributed by atoms with Crippen molar-refractivity contribution >= 4 is 33.9 Å². The van der Waals surface area contributed by atoms with Gasteiger partial charge in [0, 0.05) is 17.1 Å². The minimum atomic E-state index is -0.518. The van der Waals surface area contributed by atoms with Crippen LogP contribution >= 0.6 is 11.3 Å². The van der Waals surface area contributed by atoms with Gasteiger partial charge in [-0.3, -0.25) is 9.20 Å². The monoisotopic (exact) mass is 437 g/mol. The Morgan fingerprint density at radius 2 is 1.90 bits per heavy atom. The van der Waals surface area contributed by atoms with Gasteiger partial charge in [-0.05, 0) is 38.5 Å². The van der Waals surface area contributed by atoms with Crippen molar-refractivity contribution in [2.24, 2.45) is 0 Å². The van der Waals surface area contributed by atoms with Crippen LogP contribution in [-0.2, 0) is 4.74 Å². The van der Waals surface area contributed by atoms with Crippen LogP contribution in [0.1, 0.15) is 39.0 Å². The number of pyridine rings is 1. The highest BCUT2D eigenvalue weighted by atomic mass is 32.1. The first-order valence-corrected chi connectivity index (χ1v) is 10.6. The third-order valence-corrected chi connectivity index (χ3v) is 5.73. The van der Waals surface area contributed by atoms with Crippen molar-refractivity contribution < 1.29 is 18.7 Å². The van der Waals surface area contributed by atoms with Gasteiger partial charge in [-0.15, -0.1) is 11.3 Å². The lowest BCUT2D eigenvalue weighted by Crippen LogP contribution is -2.17. The number of imidazole rings is 1. The van der Waals surface area contributed by atoms with Crippen LogP contribution in [0.3, 0.4) is 0 Å². The third-order valence-electron chi connectivity index (χ3n) is 4.83. The number of amides is 1. The zero-order valence-corrected chi connectivity index (χ0v) is 18.0. The van der Waals surface area contributed by atoms with E-state index in [1.54, 1.807) is 13.8 Å². The highest BCUT2D eigenvalue weighted by Crippen LogP contribution is 2.36. The van der Waals surface area contributed by atoms with Crippen LogP contribution in [0.4, 0.5) is 9.39 Å². The molecule has 31 heavy (non-hydrogen) atoms. The van der Waals surface area contributed by atoms with Crippen LogP contribution in [0.25, 0.3) is 16.8 Å². The van der Waals surface area contributed by atoms with Gasteiger partial charge in [0.25, 0.3) is 5.91 Å². The Balaban J connectivity index is 1.76. The second-order valence-corrected chi connectivity index (χ2v) is 7.90. The molecule has 1 N–H and O–H groups in total. The molecule has 1 aromatic carbocycles. The minimum Gasteiger partial charge on any atom is -0.462 e. The molecule has 0 aliphatic heterocycles. The Hall–Kier alpha value is -3.52. The molecule has 0 aliphatic rings. The summed E-state index contributed by atoms with van der Waals surface area (Å²) in [5.74, 6) is -1.49. The van der Waals surface area contributed by atoms with Crippen molar-refractivity contribution in [3.63, 3.8) is 0 Å². The maximum Gasteiger partial charge on any atom is 0.341 e. The van der Waals surface area contributed by atoms with Gasteiger partial charge < -0.3 is 10.1 Å². The molecule has 8 heteroatoms. The average molecular weight is 437 g/mol. The van der Waals surface area contributed by atoms with Crippen molar-refractivity contribution in [2.45, 2.75) is 20.8 Å². The summed E-state index contributed by atoms with van der Waals surface area (Å²) in [6, 6.07) is 10.5. The van der Waals surface area contributed by atoms with Gasteiger partial charge in [-0.25, -0.2) is 14.2 Å². The first kappa shape index (κ1) is 20.7. The van der Waals surface area contributed by atoms with E-state index in [4.69, 9.17) is 4.74 Å². The first-order chi connectivity index (χ1) is 14.9. The number of nitrogens with one attached hydrogen (secondary N) is 1. The number of esters is 1. The smallest absolute Gasteiger partial charge is 0.341 e. The number of benzene rings is 1. The van der Waals surface area contributed by atoms with Crippen LogP contribution in [-0.4, -0.2) is 27.9 Å². The van der Waals surface area contributed by atoms with Gasteiger partial charge in [0.15, 0.2) is 0 Å². The maximum absolute atomic E-state index is 13.8. The van der Waals surface area contributed by atoms with Crippen molar-refractivity contribution in [2.75, 3.05) is 11.9 Å². The van der Waals surface area contributed by atoms with E-state index in [2.05, 4.69) is 10.3 Å². The second kappa shape index (κ2) is 8.31. The fourth-order valence-electron chi connectivity index (χ4n) is 3.37. The molecule has 0 bridgehead atoms. The minimum absolute atomic E-state index is 0.203. The largest absolute Gasteiger partial charge is 0.462 e. The molecule has 3 heterocycles. The van der Waals surface area contributed by atoms with Crippen molar-refractivity contribution in [3.05, 3.63) is 76.3 Å². The van der Waals surface area contributed by atoms with Crippen LogP contribution in [0.2, 0.25) is 0 Å². The summed E-state index contributed by atoms with van der Waals surface area (Å²) in [6.07, 6.45) is 1.21. The van der Waals surface area contributed by atoms with Gasteiger partial charge in [0.1, 0.15) is 27.7 Å². The van der Waals surface area contributed by atoms with Crippen molar-refractivity contribution in [1.82, 2.24) is 9.38 Å². The lowest BCUT2D eigenvalue weighted by atomic mass is 10.0. The number of hydrogen-bond donors (Lipinski definition) is 1. The molecular formula is C23H20FN3O3S. The van der Waals surface area contributed by atoms with E-state index in [-0.39, 0.29) is 12.3 Å². The van der Waals surface area contributed by atoms with E-state index in [1.807, 2.05) is 36.6 Å². The molecule has 0 aliphatic carbocycles. The summed E-state index contributed by atoms with van der Waals surface area (Å²) < 4.78 is 20.4. The fraction of sp³-hybridized carbons (Fsp3) is 0.174. The number of carbonyl (C=O) groups is 2. The third kappa shape index (κ3) is 3.94. The molecule has 0 atom stereocenters. The van der Waals surface area contributed by atoms with Gasteiger partial charge in [-0.1, -0.05) is 29.8 Å². The molecule has 3 aromatic heterocycles. The predicted molar refractivity (Wildman–Crippen MR) is 118 cm³/mol. The lowest BCUT2D eigenvalue weighted by molar-refractivity contribution is 0.0529. The normalized spacial score (nSPS) is 11.0. The van der Waals surface area contributed by atoms with Crippen LogP contribution in [0.15, 0.2) is 48.0 Å². The molecule has 0 spiro atoms. The number of nitrogens with zero attached hydrogens (tertiary/aromatic N) is 2. The van der Waals surface area contributed by atoms with Gasteiger partial charge in [0.05, 0.1) is 12.3 Å². The number of halogens is 1. The van der Waals surface area contributed by atoms with Crippen LogP contribution < -0.4 is 5.32 Å². The summed E-state index contributed by atoms with van der Waals surface area (Å²) >= 11 is 1.23. The molecule has 4 rings (SSSR count). The van der Waals surface area contributed by atoms with E-state index >= 15 is 0 Å². The zero-order chi connectivity index (χ0) is 22.1. The van der Waals surface area contributed by atoms with Gasteiger partial charge in [0.2, 0.25) is 0 Å². The summed E-state index contributed by atoms with van der Waals surface area (Å²) in [6.45, 7) is 5.60. The average Bonchev–Trinajstić information content (AvgIpc) is 3.28. The quantitative estimate of drug-likeness (QED) is 0.433. The summed E-state index contributed by atoms with van der Waals surface area (Å²) in [5.41, 5.74) is 4.03. The number of thiophene rings is 1. The number of ether oxygens (including phenoxy) is 1. The van der Waals surface area contributed by atoms with E-state index in [1.165, 1.54) is 34.1 Å². The molecule has 0 unspecified atom stereocenters. The fourth-order valence-corrected chi connectivity index (χ4v) is 4.33. The number of hydrogen-bond acceptors (Lipinski definition) is 5. The molecule has 0 radical (unpaired) electrons. The Kier molecular flexibility index (Phi) is 5.56. The molecule has 158 valence electrons. The van der Waals surface area contributed by atoms with Gasteiger partial charge >= 0.3 is 5.97 Å². The molecule has 0 fully saturated rings. The van der Waals surface area contributed by atoms with Crippen molar-refractivity contribution in [1.29, 1.82) is 0 Å². The molecule has 0 saturated heterocycles. The lowest BCUT2D eigenvalue weighted by Gasteiger charge is -2.09. The number of aromatic nitrogens is 2. The van der Waals surface area contributed by atoms with E-state index < -0.39 is 17.7 Å². The molecular weight excluding hydrogens is 417 g/mol. The van der Waals surface area contributed by atoms with Crippen LogP contribution in [0, 0.1) is 19.7 Å². The zero-order valence-electron chi connectivity index (χ0n) is 17.2. The Morgan fingerprint density at radius 1 is 1.16 bits per heavy atom. The topological polar surface area (TPSA) is 72.7 Å². The highest BCUT2D eigenvalue weighted by molar-refractivity contribution is 7.15. The number of fused-ring (bicyclic) bond motifs is 1. The Labute approximate surface area is 182 Å². The standard InChI is InChI=1S/C23H20FN3O3S/c1-4-30-23(29)19-17(15-7-5-13(2)6-8-15)12-31-22(19)26-21(28)20-14(3)25-18-10-9-16(24)11-27(18)20/h5-12H,4H2,1-3H3,(H,26,28). The summed E-state index contributed by atoms with van der Waals surface area (Å²) in [7, 11) is 0. The summed E-state index contributed by atoms with van der Waals surface area (Å²) in [4.78, 5) is 30.2. The van der Waals surface area contributed by atoms with E-state index in [9.17, 15) is 14.0 Å². The SMILES string of the molecule is CCOC(=O)c1c(-c2ccc(C)cc2)csc1NC(=O)c1c(C)nc2ccc(F)cn12. The predicted octanol–water partition coefficient (Wildman–Crippen LogP) is 5.25. The Bertz CT molecular complexity index is 1290. The molecule has 1 amide bonds. The van der Waals surface area contributed by atoms with Crippen molar-refractivity contribution in [3.8, 4) is 11.1 Å². The van der Waals surface area contributed by atoms with Gasteiger partial charge in [-0.2, -0.15) is 0 Å².